The number of benzene rings is 2. The quantitative estimate of drug-likeness (QED) is 0.267. The maximum Gasteiger partial charge on any atom is 0.243 e. The van der Waals surface area contributed by atoms with Crippen molar-refractivity contribution in [2.24, 2.45) is 11.8 Å². The maximum atomic E-state index is 13.4. The van der Waals surface area contributed by atoms with E-state index in [2.05, 4.69) is 16.0 Å². The van der Waals surface area contributed by atoms with Gasteiger partial charge in [0.25, 0.3) is 0 Å². The van der Waals surface area contributed by atoms with Crippen molar-refractivity contribution in [3.63, 3.8) is 0 Å². The van der Waals surface area contributed by atoms with Crippen LogP contribution in [0.2, 0.25) is 0 Å². The minimum atomic E-state index is -0.887. The van der Waals surface area contributed by atoms with E-state index in [1.807, 2.05) is 58.0 Å². The molecule has 0 fully saturated rings. The number of aliphatic hydroxyl groups is 1. The van der Waals surface area contributed by atoms with Gasteiger partial charge in [0.05, 0.1) is 0 Å². The molecule has 2 aromatic carbocycles. The highest BCUT2D eigenvalue weighted by molar-refractivity contribution is 5.92. The van der Waals surface area contributed by atoms with E-state index in [1.165, 1.54) is 12.1 Å². The van der Waals surface area contributed by atoms with Crippen molar-refractivity contribution in [1.82, 2.24) is 16.0 Å². The van der Waals surface area contributed by atoms with Gasteiger partial charge in [-0.1, -0.05) is 70.2 Å². The molecule has 8 heteroatoms. The molecule has 202 valence electrons. The predicted molar refractivity (Wildman–Crippen MR) is 144 cm³/mol. The Morgan fingerprint density at radius 2 is 1.41 bits per heavy atom. The number of nitrogens with one attached hydrogen (secondary N) is 3. The van der Waals surface area contributed by atoms with Crippen molar-refractivity contribution in [2.45, 2.75) is 71.5 Å². The minimum absolute atomic E-state index is 0.0763. The second-order valence-electron chi connectivity index (χ2n) is 10.2. The molecule has 0 aliphatic heterocycles. The van der Waals surface area contributed by atoms with E-state index >= 15 is 0 Å². The van der Waals surface area contributed by atoms with Gasteiger partial charge in [0.1, 0.15) is 17.8 Å². The zero-order valence-electron chi connectivity index (χ0n) is 22.2. The molecule has 2 aromatic rings. The molecular formula is C29H41N3O5. The van der Waals surface area contributed by atoms with E-state index in [0.717, 1.165) is 11.1 Å². The number of rotatable bonds is 14. The Balaban J connectivity index is 2.15. The normalized spacial score (nSPS) is 13.6. The number of carbonyl (C=O) groups is 3. The summed E-state index contributed by atoms with van der Waals surface area (Å²) in [5, 5.41) is 27.7. The Morgan fingerprint density at radius 3 is 1.97 bits per heavy atom. The van der Waals surface area contributed by atoms with Gasteiger partial charge in [0, 0.05) is 25.5 Å². The standard InChI is InChI=1S/C29H41N3O5/c1-19(2)16-26(35)31-25(18-22-10-12-24(34)13-11-22)28(36)32-27(20(3)4)29(37)30-23(14-15-33)17-21-8-6-5-7-9-21/h5-13,19-20,23,25,27,33-34H,14-18H2,1-4H3,(H,30,37)(H,31,35)(H,32,36)/t23-,25+,27-/m0/s1. The lowest BCUT2D eigenvalue weighted by Gasteiger charge is -2.28. The van der Waals surface area contributed by atoms with Crippen LogP contribution in [0.4, 0.5) is 0 Å². The fraction of sp³-hybridized carbons (Fsp3) is 0.483. The molecule has 0 aliphatic rings. The van der Waals surface area contributed by atoms with Crippen LogP contribution >= 0.6 is 0 Å². The van der Waals surface area contributed by atoms with Gasteiger partial charge in [-0.2, -0.15) is 0 Å². The van der Waals surface area contributed by atoms with Crippen molar-refractivity contribution in [3.05, 3.63) is 65.7 Å². The van der Waals surface area contributed by atoms with E-state index in [4.69, 9.17) is 0 Å². The summed E-state index contributed by atoms with van der Waals surface area (Å²) in [4.78, 5) is 39.1. The van der Waals surface area contributed by atoms with Crippen LogP contribution in [0.25, 0.3) is 0 Å². The summed E-state index contributed by atoms with van der Waals surface area (Å²) < 4.78 is 0. The first kappa shape index (κ1) is 29.8. The van der Waals surface area contributed by atoms with Crippen molar-refractivity contribution >= 4 is 17.7 Å². The molecule has 0 saturated carbocycles. The second-order valence-corrected chi connectivity index (χ2v) is 10.2. The second kappa shape index (κ2) is 15.0. The molecule has 0 radical (unpaired) electrons. The van der Waals surface area contributed by atoms with Crippen LogP contribution in [0.5, 0.6) is 5.75 Å². The van der Waals surface area contributed by atoms with Crippen LogP contribution in [-0.4, -0.2) is 52.7 Å². The van der Waals surface area contributed by atoms with E-state index in [9.17, 15) is 24.6 Å². The molecule has 0 spiro atoms. The molecule has 8 nitrogen and oxygen atoms in total. The predicted octanol–water partition coefficient (Wildman–Crippen LogP) is 2.72. The average Bonchev–Trinajstić information content (AvgIpc) is 2.83. The Labute approximate surface area is 219 Å². The first-order valence-electron chi connectivity index (χ1n) is 12.9. The van der Waals surface area contributed by atoms with Crippen LogP contribution in [0.1, 0.15) is 51.7 Å². The largest absolute Gasteiger partial charge is 0.508 e. The molecule has 2 rings (SSSR count). The summed E-state index contributed by atoms with van der Waals surface area (Å²) in [6, 6.07) is 14.1. The number of hydrogen-bond acceptors (Lipinski definition) is 5. The van der Waals surface area contributed by atoms with Crippen LogP contribution in [0, 0.1) is 11.8 Å². The minimum Gasteiger partial charge on any atom is -0.508 e. The molecule has 0 aromatic heterocycles. The van der Waals surface area contributed by atoms with Crippen molar-refractivity contribution in [1.29, 1.82) is 0 Å². The van der Waals surface area contributed by atoms with Gasteiger partial charge in [-0.15, -0.1) is 0 Å². The summed E-state index contributed by atoms with van der Waals surface area (Å²) in [5.74, 6) is -1.02. The lowest BCUT2D eigenvalue weighted by molar-refractivity contribution is -0.133. The Kier molecular flexibility index (Phi) is 12.1. The molecular weight excluding hydrogens is 470 g/mol. The molecule has 0 bridgehead atoms. The van der Waals surface area contributed by atoms with Crippen LogP contribution < -0.4 is 16.0 Å². The Bertz CT molecular complexity index is 992. The molecule has 0 heterocycles. The van der Waals surface area contributed by atoms with E-state index in [-0.39, 0.29) is 54.9 Å². The number of phenols is 1. The smallest absolute Gasteiger partial charge is 0.243 e. The highest BCUT2D eigenvalue weighted by Gasteiger charge is 2.30. The summed E-state index contributed by atoms with van der Waals surface area (Å²) in [5.41, 5.74) is 1.80. The van der Waals surface area contributed by atoms with E-state index in [0.29, 0.717) is 12.8 Å². The molecule has 5 N–H and O–H groups in total. The van der Waals surface area contributed by atoms with E-state index in [1.54, 1.807) is 12.1 Å². The average molecular weight is 512 g/mol. The Hall–Kier alpha value is -3.39. The monoisotopic (exact) mass is 511 g/mol. The highest BCUT2D eigenvalue weighted by Crippen LogP contribution is 2.13. The number of amides is 3. The third-order valence-electron chi connectivity index (χ3n) is 6.02. The maximum absolute atomic E-state index is 13.4. The van der Waals surface area contributed by atoms with Crippen molar-refractivity contribution in [2.75, 3.05) is 6.61 Å². The first-order valence-corrected chi connectivity index (χ1v) is 12.9. The molecule has 3 atom stereocenters. The van der Waals surface area contributed by atoms with Gasteiger partial charge >= 0.3 is 0 Å². The van der Waals surface area contributed by atoms with Crippen LogP contribution in [0.15, 0.2) is 54.6 Å². The molecule has 0 saturated heterocycles. The van der Waals surface area contributed by atoms with Gasteiger partial charge in [0.15, 0.2) is 0 Å². The number of aliphatic hydroxyl groups excluding tert-OH is 1. The zero-order chi connectivity index (χ0) is 27.4. The summed E-state index contributed by atoms with van der Waals surface area (Å²) in [7, 11) is 0. The lowest BCUT2D eigenvalue weighted by atomic mass is 9.99. The third kappa shape index (κ3) is 10.6. The SMILES string of the molecule is CC(C)CC(=O)N[C@H](Cc1ccc(O)cc1)C(=O)N[C@H](C(=O)N[C@@H](CCO)Cc1ccccc1)C(C)C. The number of hydrogen-bond donors (Lipinski definition) is 5. The fourth-order valence-corrected chi connectivity index (χ4v) is 4.06. The van der Waals surface area contributed by atoms with E-state index < -0.39 is 18.0 Å². The van der Waals surface area contributed by atoms with Gasteiger partial charge in [-0.25, -0.2) is 0 Å². The molecule has 37 heavy (non-hydrogen) atoms. The first-order chi connectivity index (χ1) is 17.6. The molecule has 3 amide bonds. The topological polar surface area (TPSA) is 128 Å². The lowest BCUT2D eigenvalue weighted by Crippen LogP contribution is -2.57. The number of phenolic OH excluding ortho intramolecular Hbond substituents is 1. The Morgan fingerprint density at radius 1 is 0.784 bits per heavy atom. The van der Waals surface area contributed by atoms with Gasteiger partial charge in [-0.3, -0.25) is 14.4 Å². The zero-order valence-corrected chi connectivity index (χ0v) is 22.2. The van der Waals surface area contributed by atoms with Crippen molar-refractivity contribution in [3.8, 4) is 5.75 Å². The van der Waals surface area contributed by atoms with Gasteiger partial charge in [0.2, 0.25) is 17.7 Å². The summed E-state index contributed by atoms with van der Waals surface area (Å²) in [6.45, 7) is 7.45. The molecule has 0 aliphatic carbocycles. The fourth-order valence-electron chi connectivity index (χ4n) is 4.06. The summed E-state index contributed by atoms with van der Waals surface area (Å²) in [6.07, 6.45) is 1.42. The van der Waals surface area contributed by atoms with Gasteiger partial charge in [-0.05, 0) is 47.9 Å². The number of aromatic hydroxyl groups is 1. The number of carbonyl (C=O) groups excluding carboxylic acids is 3. The third-order valence-corrected chi connectivity index (χ3v) is 6.02. The molecule has 0 unspecified atom stereocenters. The van der Waals surface area contributed by atoms with Crippen molar-refractivity contribution < 1.29 is 24.6 Å². The summed E-state index contributed by atoms with van der Waals surface area (Å²) >= 11 is 0. The van der Waals surface area contributed by atoms with Crippen LogP contribution in [-0.2, 0) is 27.2 Å². The highest BCUT2D eigenvalue weighted by atomic mass is 16.3. The van der Waals surface area contributed by atoms with Gasteiger partial charge < -0.3 is 26.2 Å². The van der Waals surface area contributed by atoms with Crippen LogP contribution in [0.3, 0.4) is 0 Å².